The highest BCUT2D eigenvalue weighted by Gasteiger charge is 2.39. The summed E-state index contributed by atoms with van der Waals surface area (Å²) < 4.78 is 6.80. The summed E-state index contributed by atoms with van der Waals surface area (Å²) in [6.45, 7) is 16.9. The molecule has 0 radical (unpaired) electrons. The first-order chi connectivity index (χ1) is 13.7. The standard InChI is InChI=1S/C26H37NOSi/c1-7-21-13-14-24(25(19-21)28-29(5,6)26(2,3)4)23-15-17-27(18-16-23)20-22-11-9-8-10-12-22/h8-15,19H,7,16-18,20H2,1-6H3. The van der Waals surface area contributed by atoms with E-state index in [2.05, 4.69) is 100 Å². The van der Waals surface area contributed by atoms with Gasteiger partial charge in [0.05, 0.1) is 0 Å². The fourth-order valence-corrected chi connectivity index (χ4v) is 4.53. The number of rotatable bonds is 6. The van der Waals surface area contributed by atoms with Gasteiger partial charge < -0.3 is 4.43 Å². The van der Waals surface area contributed by atoms with Crippen LogP contribution in [0.4, 0.5) is 0 Å². The van der Waals surface area contributed by atoms with Crippen LogP contribution in [0.2, 0.25) is 18.1 Å². The molecule has 2 nitrogen and oxygen atoms in total. The van der Waals surface area contributed by atoms with Gasteiger partial charge in [-0.05, 0) is 53.7 Å². The molecule has 0 atom stereocenters. The molecule has 0 aromatic heterocycles. The van der Waals surface area contributed by atoms with Gasteiger partial charge in [-0.15, -0.1) is 0 Å². The van der Waals surface area contributed by atoms with Crippen molar-refractivity contribution in [2.75, 3.05) is 13.1 Å². The Labute approximate surface area is 178 Å². The van der Waals surface area contributed by atoms with E-state index in [0.717, 1.165) is 38.2 Å². The second-order valence-electron chi connectivity index (χ2n) is 9.75. The summed E-state index contributed by atoms with van der Waals surface area (Å²) in [4.78, 5) is 2.52. The minimum Gasteiger partial charge on any atom is -0.543 e. The van der Waals surface area contributed by atoms with Gasteiger partial charge in [0, 0.05) is 25.2 Å². The predicted octanol–water partition coefficient (Wildman–Crippen LogP) is 6.92. The Hall–Kier alpha value is -1.84. The van der Waals surface area contributed by atoms with Crippen molar-refractivity contribution < 1.29 is 4.43 Å². The SMILES string of the molecule is CCc1ccc(C2=CCN(Cc3ccccc3)CC2)c(O[Si](C)(C)C(C)(C)C)c1. The number of aryl methyl sites for hydroxylation is 1. The highest BCUT2D eigenvalue weighted by atomic mass is 28.4. The molecule has 0 N–H and O–H groups in total. The van der Waals surface area contributed by atoms with E-state index in [4.69, 9.17) is 4.43 Å². The van der Waals surface area contributed by atoms with E-state index in [1.165, 1.54) is 22.3 Å². The first-order valence-electron chi connectivity index (χ1n) is 11.0. The van der Waals surface area contributed by atoms with Gasteiger partial charge in [0.2, 0.25) is 0 Å². The average molecular weight is 408 g/mol. The summed E-state index contributed by atoms with van der Waals surface area (Å²) in [6, 6.07) is 17.6. The number of benzene rings is 2. The first-order valence-corrected chi connectivity index (χ1v) is 13.9. The lowest BCUT2D eigenvalue weighted by molar-refractivity contribution is 0.294. The van der Waals surface area contributed by atoms with Gasteiger partial charge in [-0.3, -0.25) is 4.90 Å². The van der Waals surface area contributed by atoms with Crippen LogP contribution in [0.5, 0.6) is 5.75 Å². The van der Waals surface area contributed by atoms with Crippen molar-refractivity contribution in [2.24, 2.45) is 0 Å². The zero-order valence-corrected chi connectivity index (χ0v) is 20.1. The van der Waals surface area contributed by atoms with Crippen LogP contribution in [-0.2, 0) is 13.0 Å². The maximum atomic E-state index is 6.80. The molecule has 1 aliphatic rings. The van der Waals surface area contributed by atoms with Crippen molar-refractivity contribution in [1.82, 2.24) is 4.90 Å². The van der Waals surface area contributed by atoms with Crippen LogP contribution in [0.15, 0.2) is 54.6 Å². The third kappa shape index (κ3) is 5.40. The smallest absolute Gasteiger partial charge is 0.250 e. The lowest BCUT2D eigenvalue weighted by atomic mass is 9.96. The monoisotopic (exact) mass is 407 g/mol. The Morgan fingerprint density at radius 3 is 2.31 bits per heavy atom. The van der Waals surface area contributed by atoms with Crippen molar-refractivity contribution in [3.05, 3.63) is 71.3 Å². The molecule has 3 heteroatoms. The Morgan fingerprint density at radius 2 is 1.72 bits per heavy atom. The van der Waals surface area contributed by atoms with Gasteiger partial charge >= 0.3 is 0 Å². The molecule has 0 amide bonds. The van der Waals surface area contributed by atoms with E-state index >= 15 is 0 Å². The van der Waals surface area contributed by atoms with Crippen molar-refractivity contribution in [1.29, 1.82) is 0 Å². The molecular formula is C26H37NOSi. The molecule has 0 bridgehead atoms. The molecule has 0 aliphatic carbocycles. The Kier molecular flexibility index (Phi) is 6.70. The summed E-state index contributed by atoms with van der Waals surface area (Å²) in [7, 11) is -1.88. The Bertz CT molecular complexity index is 849. The van der Waals surface area contributed by atoms with Crippen LogP contribution >= 0.6 is 0 Å². The van der Waals surface area contributed by atoms with Crippen molar-refractivity contribution in [3.8, 4) is 5.75 Å². The zero-order chi connectivity index (χ0) is 21.1. The molecule has 29 heavy (non-hydrogen) atoms. The van der Waals surface area contributed by atoms with E-state index in [1.807, 2.05) is 0 Å². The second kappa shape index (κ2) is 8.89. The lowest BCUT2D eigenvalue weighted by Crippen LogP contribution is -2.44. The highest BCUT2D eigenvalue weighted by molar-refractivity contribution is 6.74. The third-order valence-corrected chi connectivity index (χ3v) is 10.9. The van der Waals surface area contributed by atoms with E-state index in [1.54, 1.807) is 0 Å². The molecule has 156 valence electrons. The van der Waals surface area contributed by atoms with Gasteiger partial charge in [-0.1, -0.05) is 76.2 Å². The van der Waals surface area contributed by atoms with Crippen LogP contribution in [-0.4, -0.2) is 26.3 Å². The molecule has 0 saturated heterocycles. The first kappa shape index (κ1) is 21.9. The zero-order valence-electron chi connectivity index (χ0n) is 19.1. The minimum atomic E-state index is -1.88. The fraction of sp³-hybridized carbons (Fsp3) is 0.462. The molecule has 1 aliphatic heterocycles. The normalized spacial score (nSPS) is 15.9. The summed E-state index contributed by atoms with van der Waals surface area (Å²) in [6.07, 6.45) is 4.52. The molecule has 0 saturated carbocycles. The van der Waals surface area contributed by atoms with E-state index in [9.17, 15) is 0 Å². The molecular weight excluding hydrogens is 370 g/mol. The number of nitrogens with zero attached hydrogens (tertiary/aromatic N) is 1. The summed E-state index contributed by atoms with van der Waals surface area (Å²) in [5.74, 6) is 1.10. The summed E-state index contributed by atoms with van der Waals surface area (Å²) >= 11 is 0. The summed E-state index contributed by atoms with van der Waals surface area (Å²) in [5.41, 5.74) is 5.47. The van der Waals surface area contributed by atoms with Crippen LogP contribution in [0, 0.1) is 0 Å². The van der Waals surface area contributed by atoms with Crippen LogP contribution < -0.4 is 4.43 Å². The van der Waals surface area contributed by atoms with Gasteiger partial charge in [0.1, 0.15) is 5.75 Å². The van der Waals surface area contributed by atoms with Crippen molar-refractivity contribution in [2.45, 2.75) is 65.2 Å². The largest absolute Gasteiger partial charge is 0.543 e. The third-order valence-electron chi connectivity index (χ3n) is 6.51. The maximum absolute atomic E-state index is 6.80. The minimum absolute atomic E-state index is 0.194. The highest BCUT2D eigenvalue weighted by Crippen LogP contribution is 2.40. The van der Waals surface area contributed by atoms with Crippen LogP contribution in [0.25, 0.3) is 5.57 Å². The summed E-state index contributed by atoms with van der Waals surface area (Å²) in [5, 5.41) is 0.194. The molecule has 0 fully saturated rings. The van der Waals surface area contributed by atoms with Gasteiger partial charge in [0.15, 0.2) is 0 Å². The van der Waals surface area contributed by atoms with E-state index < -0.39 is 8.32 Å². The quantitative estimate of drug-likeness (QED) is 0.482. The Morgan fingerprint density at radius 1 is 1.00 bits per heavy atom. The van der Waals surface area contributed by atoms with Crippen molar-refractivity contribution >= 4 is 13.9 Å². The molecule has 1 heterocycles. The molecule has 2 aromatic rings. The lowest BCUT2D eigenvalue weighted by Gasteiger charge is -2.37. The fourth-order valence-electron chi connectivity index (χ4n) is 3.51. The van der Waals surface area contributed by atoms with Crippen LogP contribution in [0.3, 0.4) is 0 Å². The molecule has 0 unspecified atom stereocenters. The van der Waals surface area contributed by atoms with Gasteiger partial charge in [0.25, 0.3) is 8.32 Å². The van der Waals surface area contributed by atoms with E-state index in [-0.39, 0.29) is 5.04 Å². The van der Waals surface area contributed by atoms with E-state index in [0.29, 0.717) is 0 Å². The van der Waals surface area contributed by atoms with Crippen molar-refractivity contribution in [3.63, 3.8) is 0 Å². The van der Waals surface area contributed by atoms with Gasteiger partial charge in [-0.2, -0.15) is 0 Å². The van der Waals surface area contributed by atoms with Gasteiger partial charge in [-0.25, -0.2) is 0 Å². The topological polar surface area (TPSA) is 12.5 Å². The Balaban J connectivity index is 1.81. The molecule has 3 rings (SSSR count). The van der Waals surface area contributed by atoms with Crippen LogP contribution in [0.1, 0.15) is 50.8 Å². The maximum Gasteiger partial charge on any atom is 0.250 e. The average Bonchev–Trinajstić information content (AvgIpc) is 2.68. The predicted molar refractivity (Wildman–Crippen MR) is 128 cm³/mol. The molecule has 2 aromatic carbocycles. The molecule has 0 spiro atoms. The number of hydrogen-bond donors (Lipinski definition) is 0. The second-order valence-corrected chi connectivity index (χ2v) is 14.5. The number of hydrogen-bond acceptors (Lipinski definition) is 2.